The zero-order chi connectivity index (χ0) is 14.5. The van der Waals surface area contributed by atoms with Gasteiger partial charge >= 0.3 is 12.0 Å². The quantitative estimate of drug-likeness (QED) is 0.815. The zero-order valence-corrected chi connectivity index (χ0v) is 12.3. The minimum atomic E-state index is -0.948. The van der Waals surface area contributed by atoms with Crippen molar-refractivity contribution in [2.75, 3.05) is 24.8 Å². The average Bonchev–Trinajstić information content (AvgIpc) is 2.94. The number of carboxylic acid groups (broad SMARTS) is 1. The Hall–Kier alpha value is -0.950. The lowest BCUT2D eigenvalue weighted by molar-refractivity contribution is -0.141. The number of carbonyl (C=O) groups is 2. The van der Waals surface area contributed by atoms with Crippen molar-refractivity contribution >= 4 is 23.8 Å². The largest absolute Gasteiger partial charge is 0.480 e. The molecule has 0 unspecified atom stereocenters. The van der Waals surface area contributed by atoms with Crippen LogP contribution in [0.5, 0.6) is 0 Å². The van der Waals surface area contributed by atoms with E-state index in [1.54, 1.807) is 4.90 Å². The van der Waals surface area contributed by atoms with Gasteiger partial charge in [-0.2, -0.15) is 0 Å². The first kappa shape index (κ1) is 15.4. The van der Waals surface area contributed by atoms with Gasteiger partial charge in [-0.3, -0.25) is 0 Å². The standard InChI is InChI=1S/C13H22N2O4S/c16-7-6-14(10-4-2-1-3-5-10)13(19)15-9-20-8-11(15)12(17)18/h10-11,16H,1-9H2,(H,17,18)/t11-/m0/s1. The number of thioether (sulfide) groups is 1. The molecular weight excluding hydrogens is 280 g/mol. The minimum Gasteiger partial charge on any atom is -0.480 e. The number of amides is 2. The number of nitrogens with zero attached hydrogens (tertiary/aromatic N) is 2. The Kier molecular flexibility index (Phi) is 5.54. The van der Waals surface area contributed by atoms with Crippen molar-refractivity contribution in [1.82, 2.24) is 9.80 Å². The molecule has 0 aromatic carbocycles. The highest BCUT2D eigenvalue weighted by atomic mass is 32.2. The summed E-state index contributed by atoms with van der Waals surface area (Å²) in [6.07, 6.45) is 5.28. The van der Waals surface area contributed by atoms with Crippen LogP contribution in [0.1, 0.15) is 32.1 Å². The van der Waals surface area contributed by atoms with Crippen LogP contribution in [0.2, 0.25) is 0 Å². The van der Waals surface area contributed by atoms with Gasteiger partial charge in [-0.25, -0.2) is 9.59 Å². The first-order valence-corrected chi connectivity index (χ1v) is 8.29. The van der Waals surface area contributed by atoms with E-state index in [1.165, 1.54) is 23.1 Å². The van der Waals surface area contributed by atoms with Gasteiger partial charge in [0.15, 0.2) is 0 Å². The number of rotatable bonds is 4. The molecule has 2 aliphatic rings. The van der Waals surface area contributed by atoms with Gasteiger partial charge in [0.2, 0.25) is 0 Å². The molecule has 7 heteroatoms. The summed E-state index contributed by atoms with van der Waals surface area (Å²) in [5, 5.41) is 18.4. The Morgan fingerprint density at radius 3 is 2.55 bits per heavy atom. The van der Waals surface area contributed by atoms with E-state index in [1.807, 2.05) is 0 Å². The minimum absolute atomic E-state index is 0.0824. The second-order valence-electron chi connectivity index (χ2n) is 5.32. The molecule has 20 heavy (non-hydrogen) atoms. The highest BCUT2D eigenvalue weighted by Crippen LogP contribution is 2.27. The monoisotopic (exact) mass is 302 g/mol. The van der Waals surface area contributed by atoms with Crippen molar-refractivity contribution in [3.05, 3.63) is 0 Å². The van der Waals surface area contributed by atoms with E-state index in [-0.39, 0.29) is 25.2 Å². The summed E-state index contributed by atoms with van der Waals surface area (Å²) in [5.74, 6) is -0.0840. The smallest absolute Gasteiger partial charge is 0.327 e. The fraction of sp³-hybridized carbons (Fsp3) is 0.846. The maximum atomic E-state index is 12.6. The molecule has 0 aromatic rings. The predicted octanol–water partition coefficient (Wildman–Crippen LogP) is 1.19. The Balaban J connectivity index is 2.07. The van der Waals surface area contributed by atoms with Gasteiger partial charge in [-0.15, -0.1) is 11.8 Å². The van der Waals surface area contributed by atoms with Gasteiger partial charge < -0.3 is 20.0 Å². The summed E-state index contributed by atoms with van der Waals surface area (Å²) < 4.78 is 0. The van der Waals surface area contributed by atoms with Crippen LogP contribution in [0.4, 0.5) is 4.79 Å². The van der Waals surface area contributed by atoms with Crippen molar-refractivity contribution in [2.24, 2.45) is 0 Å². The van der Waals surface area contributed by atoms with Crippen LogP contribution in [0, 0.1) is 0 Å². The molecule has 1 aliphatic carbocycles. The lowest BCUT2D eigenvalue weighted by Gasteiger charge is -2.37. The van der Waals surface area contributed by atoms with E-state index in [2.05, 4.69) is 0 Å². The van der Waals surface area contributed by atoms with Gasteiger partial charge in [0, 0.05) is 18.3 Å². The van der Waals surface area contributed by atoms with Gasteiger partial charge in [-0.05, 0) is 12.8 Å². The maximum absolute atomic E-state index is 12.6. The summed E-state index contributed by atoms with van der Waals surface area (Å²) in [6, 6.07) is -0.830. The molecule has 6 nitrogen and oxygen atoms in total. The van der Waals surface area contributed by atoms with Crippen LogP contribution >= 0.6 is 11.8 Å². The summed E-state index contributed by atoms with van der Waals surface area (Å²) in [4.78, 5) is 26.9. The molecule has 1 saturated heterocycles. The lowest BCUT2D eigenvalue weighted by Crippen LogP contribution is -2.53. The SMILES string of the molecule is O=C(O)[C@@H]1CSCN1C(=O)N(CCO)C1CCCCC1. The molecule has 114 valence electrons. The third-order valence-electron chi connectivity index (χ3n) is 4.02. The Morgan fingerprint density at radius 2 is 1.95 bits per heavy atom. The number of carboxylic acids is 1. The topological polar surface area (TPSA) is 81.1 Å². The fourth-order valence-corrected chi connectivity index (χ4v) is 4.07. The third-order valence-corrected chi connectivity index (χ3v) is 5.03. The molecule has 1 atom stereocenters. The lowest BCUT2D eigenvalue weighted by atomic mass is 9.94. The predicted molar refractivity (Wildman–Crippen MR) is 76.6 cm³/mol. The second-order valence-corrected chi connectivity index (χ2v) is 6.31. The van der Waals surface area contributed by atoms with Crippen molar-refractivity contribution in [1.29, 1.82) is 0 Å². The number of aliphatic hydroxyl groups excluding tert-OH is 1. The van der Waals surface area contributed by atoms with Crippen molar-refractivity contribution in [3.8, 4) is 0 Å². The van der Waals surface area contributed by atoms with Crippen LogP contribution in [-0.4, -0.2) is 68.9 Å². The first-order valence-electron chi connectivity index (χ1n) is 7.13. The molecule has 0 spiro atoms. The molecule has 2 N–H and O–H groups in total. The van der Waals surface area contributed by atoms with Gasteiger partial charge in [-0.1, -0.05) is 19.3 Å². The summed E-state index contributed by atoms with van der Waals surface area (Å²) >= 11 is 1.46. The molecule has 2 amide bonds. The van der Waals surface area contributed by atoms with E-state index in [4.69, 9.17) is 0 Å². The van der Waals surface area contributed by atoms with Crippen molar-refractivity contribution in [2.45, 2.75) is 44.2 Å². The Bertz CT molecular complexity index is 360. The van der Waals surface area contributed by atoms with E-state index >= 15 is 0 Å². The average molecular weight is 302 g/mol. The van der Waals surface area contributed by atoms with E-state index < -0.39 is 12.0 Å². The van der Waals surface area contributed by atoms with Crippen LogP contribution in [0.25, 0.3) is 0 Å². The van der Waals surface area contributed by atoms with Crippen LogP contribution in [-0.2, 0) is 4.79 Å². The molecular formula is C13H22N2O4S. The van der Waals surface area contributed by atoms with Crippen LogP contribution in [0.3, 0.4) is 0 Å². The number of urea groups is 1. The summed E-state index contributed by atoms with van der Waals surface area (Å²) in [7, 11) is 0. The molecule has 2 rings (SSSR count). The molecule has 0 bridgehead atoms. The number of carbonyl (C=O) groups excluding carboxylic acids is 1. The highest BCUT2D eigenvalue weighted by molar-refractivity contribution is 7.99. The maximum Gasteiger partial charge on any atom is 0.327 e. The molecule has 2 fully saturated rings. The Morgan fingerprint density at radius 1 is 1.25 bits per heavy atom. The molecule has 1 aliphatic heterocycles. The molecule has 0 aromatic heterocycles. The normalized spacial score (nSPS) is 23.9. The highest BCUT2D eigenvalue weighted by Gasteiger charge is 2.38. The Labute approximate surface area is 123 Å². The second kappa shape index (κ2) is 7.17. The summed E-state index contributed by atoms with van der Waals surface area (Å²) in [5.41, 5.74) is 0. The van der Waals surface area contributed by atoms with Gasteiger partial charge in [0.1, 0.15) is 6.04 Å². The number of hydrogen-bond donors (Lipinski definition) is 2. The summed E-state index contributed by atoms with van der Waals surface area (Å²) in [6.45, 7) is 0.206. The van der Waals surface area contributed by atoms with Crippen LogP contribution in [0.15, 0.2) is 0 Å². The molecule has 1 saturated carbocycles. The van der Waals surface area contributed by atoms with Gasteiger partial charge in [0.05, 0.1) is 12.5 Å². The first-order chi connectivity index (χ1) is 9.65. The van der Waals surface area contributed by atoms with Crippen molar-refractivity contribution in [3.63, 3.8) is 0 Å². The van der Waals surface area contributed by atoms with E-state index in [9.17, 15) is 19.8 Å². The number of hydrogen-bond acceptors (Lipinski definition) is 4. The molecule has 1 heterocycles. The van der Waals surface area contributed by atoms with E-state index in [0.29, 0.717) is 11.6 Å². The number of aliphatic hydroxyl groups is 1. The van der Waals surface area contributed by atoms with E-state index in [0.717, 1.165) is 25.7 Å². The third kappa shape index (κ3) is 3.38. The fourth-order valence-electron chi connectivity index (χ4n) is 2.94. The molecule has 0 radical (unpaired) electrons. The van der Waals surface area contributed by atoms with Crippen molar-refractivity contribution < 1.29 is 19.8 Å². The van der Waals surface area contributed by atoms with Crippen LogP contribution < -0.4 is 0 Å². The number of aliphatic carboxylic acids is 1. The van der Waals surface area contributed by atoms with Gasteiger partial charge in [0.25, 0.3) is 0 Å². The zero-order valence-electron chi connectivity index (χ0n) is 11.5.